The van der Waals surface area contributed by atoms with Crippen LogP contribution in [0.15, 0.2) is 18.5 Å². The lowest BCUT2D eigenvalue weighted by Crippen LogP contribution is -2.21. The van der Waals surface area contributed by atoms with E-state index in [0.717, 1.165) is 25.7 Å². The molecule has 0 atom stereocenters. The Hall–Kier alpha value is -2.64. The number of nitrogens with one attached hydrogen (secondary N) is 1. The average molecular weight is 289 g/mol. The molecule has 2 heterocycles. The molecule has 110 valence electrons. The second-order valence-electron chi connectivity index (χ2n) is 5.21. The second kappa shape index (κ2) is 5.04. The lowest BCUT2D eigenvalue weighted by Gasteiger charge is -2.16. The Bertz CT molecular complexity index is 718. The van der Waals surface area contributed by atoms with Crippen molar-refractivity contribution in [2.45, 2.75) is 31.7 Å². The number of anilines is 1. The molecular weight excluding hydrogens is 274 g/mol. The molecule has 1 saturated carbocycles. The molecule has 0 bridgehead atoms. The van der Waals surface area contributed by atoms with E-state index in [2.05, 4.69) is 10.4 Å². The molecular formula is C13H15N5O3. The van der Waals surface area contributed by atoms with Gasteiger partial charge < -0.3 is 11.1 Å². The first-order chi connectivity index (χ1) is 10.1. The second-order valence-corrected chi connectivity index (χ2v) is 5.21. The third-order valence-electron chi connectivity index (χ3n) is 3.80. The van der Waals surface area contributed by atoms with Crippen LogP contribution in [0.5, 0.6) is 0 Å². The Kier molecular flexibility index (Phi) is 3.20. The van der Waals surface area contributed by atoms with Gasteiger partial charge in [0.15, 0.2) is 0 Å². The highest BCUT2D eigenvalue weighted by Gasteiger charge is 2.22. The maximum absolute atomic E-state index is 11.6. The molecule has 1 aliphatic rings. The van der Waals surface area contributed by atoms with Crippen LogP contribution in [0.4, 0.5) is 11.4 Å². The monoisotopic (exact) mass is 289 g/mol. The molecule has 1 aliphatic carbocycles. The van der Waals surface area contributed by atoms with Crippen LogP contribution in [-0.4, -0.2) is 26.5 Å². The maximum Gasteiger partial charge on any atom is 0.289 e. The predicted octanol–water partition coefficient (Wildman–Crippen LogP) is 1.70. The number of nitrogens with two attached hydrogens (primary N) is 1. The van der Waals surface area contributed by atoms with E-state index in [-0.39, 0.29) is 17.3 Å². The van der Waals surface area contributed by atoms with Gasteiger partial charge in [0.1, 0.15) is 6.20 Å². The molecule has 3 N–H and O–H groups in total. The summed E-state index contributed by atoms with van der Waals surface area (Å²) < 4.78 is 1.39. The van der Waals surface area contributed by atoms with Crippen molar-refractivity contribution in [2.24, 2.45) is 5.73 Å². The highest BCUT2D eigenvalue weighted by molar-refractivity contribution is 6.02. The minimum Gasteiger partial charge on any atom is -0.380 e. The van der Waals surface area contributed by atoms with Gasteiger partial charge in [-0.1, -0.05) is 12.8 Å². The fraction of sp³-hybridized carbons (Fsp3) is 0.385. The van der Waals surface area contributed by atoms with Gasteiger partial charge in [0, 0.05) is 12.1 Å². The summed E-state index contributed by atoms with van der Waals surface area (Å²) in [5.41, 5.74) is 6.58. The predicted molar refractivity (Wildman–Crippen MR) is 76.2 cm³/mol. The molecule has 0 saturated heterocycles. The van der Waals surface area contributed by atoms with Gasteiger partial charge in [0.05, 0.1) is 27.9 Å². The van der Waals surface area contributed by atoms with Crippen LogP contribution < -0.4 is 11.1 Å². The Labute approximate surface area is 120 Å². The van der Waals surface area contributed by atoms with Crippen LogP contribution in [0.2, 0.25) is 0 Å². The number of nitrogens with zero attached hydrogens (tertiary/aromatic N) is 3. The number of aromatic nitrogens is 2. The van der Waals surface area contributed by atoms with Crippen molar-refractivity contribution in [1.82, 2.24) is 9.61 Å². The summed E-state index contributed by atoms with van der Waals surface area (Å²) in [6, 6.07) is 1.65. The number of rotatable bonds is 4. The van der Waals surface area contributed by atoms with Gasteiger partial charge in [-0.15, -0.1) is 0 Å². The molecule has 2 aromatic rings. The van der Waals surface area contributed by atoms with E-state index in [9.17, 15) is 14.9 Å². The van der Waals surface area contributed by atoms with Gasteiger partial charge in [0.2, 0.25) is 0 Å². The van der Waals surface area contributed by atoms with E-state index in [1.807, 2.05) is 0 Å². The summed E-state index contributed by atoms with van der Waals surface area (Å²) in [5, 5.41) is 18.2. The molecule has 1 amide bonds. The van der Waals surface area contributed by atoms with Gasteiger partial charge in [0.25, 0.3) is 11.6 Å². The van der Waals surface area contributed by atoms with Crippen LogP contribution in [0, 0.1) is 10.1 Å². The van der Waals surface area contributed by atoms with Gasteiger partial charge in [-0.05, 0) is 12.8 Å². The lowest BCUT2D eigenvalue weighted by atomic mass is 10.1. The van der Waals surface area contributed by atoms with Gasteiger partial charge in [-0.3, -0.25) is 14.9 Å². The van der Waals surface area contributed by atoms with Gasteiger partial charge >= 0.3 is 0 Å². The van der Waals surface area contributed by atoms with Crippen molar-refractivity contribution in [3.8, 4) is 0 Å². The molecule has 2 aromatic heterocycles. The number of hydrogen-bond acceptors (Lipinski definition) is 5. The Morgan fingerprint density at radius 3 is 2.81 bits per heavy atom. The topological polar surface area (TPSA) is 116 Å². The van der Waals surface area contributed by atoms with Crippen LogP contribution in [0.3, 0.4) is 0 Å². The summed E-state index contributed by atoms with van der Waals surface area (Å²) in [7, 11) is 0. The summed E-state index contributed by atoms with van der Waals surface area (Å²) in [4.78, 5) is 22.0. The fourth-order valence-electron chi connectivity index (χ4n) is 2.76. The zero-order chi connectivity index (χ0) is 15.0. The molecule has 8 nitrogen and oxygen atoms in total. The maximum atomic E-state index is 11.6. The summed E-state index contributed by atoms with van der Waals surface area (Å²) in [6.07, 6.45) is 6.94. The van der Waals surface area contributed by atoms with Crippen molar-refractivity contribution >= 4 is 22.8 Å². The Balaban J connectivity index is 2.12. The number of carbonyl (C=O) groups excluding carboxylic acids is 1. The number of primary amides is 1. The first-order valence-corrected chi connectivity index (χ1v) is 6.78. The number of nitro groups is 1. The highest BCUT2D eigenvalue weighted by atomic mass is 16.6. The minimum absolute atomic E-state index is 0.0707. The standard InChI is InChI=1S/C13H15N5O3/c14-13(19)10-6-15-17-7-9(18(20)21)5-11(17)12(10)16-8-3-1-2-4-8/h5-8,16H,1-4H2,(H2,14,19). The van der Waals surface area contributed by atoms with Crippen molar-refractivity contribution in [2.75, 3.05) is 5.32 Å². The molecule has 8 heteroatoms. The van der Waals surface area contributed by atoms with Crippen LogP contribution in [-0.2, 0) is 0 Å². The SMILES string of the molecule is NC(=O)c1cnn2cc([N+](=O)[O-])cc2c1NC1CCCC1. The third-order valence-corrected chi connectivity index (χ3v) is 3.80. The smallest absolute Gasteiger partial charge is 0.289 e. The van der Waals surface area contributed by atoms with E-state index in [1.165, 1.54) is 23.0 Å². The van der Waals surface area contributed by atoms with Crippen LogP contribution in [0.1, 0.15) is 36.0 Å². The number of carbonyl (C=O) groups is 1. The zero-order valence-corrected chi connectivity index (χ0v) is 11.3. The average Bonchev–Trinajstić information content (AvgIpc) is 3.06. The van der Waals surface area contributed by atoms with Gasteiger partial charge in [-0.2, -0.15) is 5.10 Å². The summed E-state index contributed by atoms with van der Waals surface area (Å²) >= 11 is 0. The molecule has 1 fully saturated rings. The molecule has 0 aromatic carbocycles. The Morgan fingerprint density at radius 1 is 1.48 bits per heavy atom. The highest BCUT2D eigenvalue weighted by Crippen LogP contribution is 2.29. The van der Waals surface area contributed by atoms with Crippen molar-refractivity contribution in [3.05, 3.63) is 34.1 Å². The van der Waals surface area contributed by atoms with Gasteiger partial charge in [-0.25, -0.2) is 4.52 Å². The number of amides is 1. The number of hydrogen-bond donors (Lipinski definition) is 2. The zero-order valence-electron chi connectivity index (χ0n) is 11.3. The first kappa shape index (κ1) is 13.3. The summed E-state index contributed by atoms with van der Waals surface area (Å²) in [5.74, 6) is -0.602. The molecule has 0 spiro atoms. The van der Waals surface area contributed by atoms with E-state index in [0.29, 0.717) is 11.2 Å². The van der Waals surface area contributed by atoms with E-state index in [1.54, 1.807) is 0 Å². The first-order valence-electron chi connectivity index (χ1n) is 6.78. The van der Waals surface area contributed by atoms with E-state index >= 15 is 0 Å². The van der Waals surface area contributed by atoms with E-state index < -0.39 is 10.8 Å². The van der Waals surface area contributed by atoms with Crippen molar-refractivity contribution in [3.63, 3.8) is 0 Å². The fourth-order valence-corrected chi connectivity index (χ4v) is 2.76. The van der Waals surface area contributed by atoms with Crippen LogP contribution in [0.25, 0.3) is 5.52 Å². The molecule has 21 heavy (non-hydrogen) atoms. The van der Waals surface area contributed by atoms with Crippen molar-refractivity contribution < 1.29 is 9.72 Å². The largest absolute Gasteiger partial charge is 0.380 e. The minimum atomic E-state index is -0.602. The quantitative estimate of drug-likeness (QED) is 0.656. The Morgan fingerprint density at radius 2 is 2.19 bits per heavy atom. The molecule has 0 unspecified atom stereocenters. The lowest BCUT2D eigenvalue weighted by molar-refractivity contribution is -0.384. The van der Waals surface area contributed by atoms with E-state index in [4.69, 9.17) is 5.73 Å². The summed E-state index contributed by atoms with van der Waals surface area (Å²) in [6.45, 7) is 0. The number of fused-ring (bicyclic) bond motifs is 1. The molecule has 0 aliphatic heterocycles. The van der Waals surface area contributed by atoms with Crippen molar-refractivity contribution in [1.29, 1.82) is 0 Å². The normalized spacial score (nSPS) is 15.4. The molecule has 3 rings (SSSR count). The van der Waals surface area contributed by atoms with Crippen LogP contribution >= 0.6 is 0 Å². The molecule has 0 radical (unpaired) electrons. The third kappa shape index (κ3) is 2.39.